The maximum Gasteiger partial charge on any atom is 0.240 e. The first-order valence-corrected chi connectivity index (χ1v) is 9.94. The van der Waals surface area contributed by atoms with Crippen molar-refractivity contribution in [1.29, 1.82) is 0 Å². The van der Waals surface area contributed by atoms with Gasteiger partial charge in [-0.25, -0.2) is 13.1 Å². The molecule has 1 fully saturated rings. The van der Waals surface area contributed by atoms with Crippen molar-refractivity contribution in [2.75, 3.05) is 19.6 Å². The van der Waals surface area contributed by atoms with Crippen LogP contribution in [0, 0.1) is 0 Å². The first-order valence-electron chi connectivity index (χ1n) is 8.45. The molecule has 0 aromatic heterocycles. The number of sulfonamides is 1. The van der Waals surface area contributed by atoms with Crippen molar-refractivity contribution in [2.45, 2.75) is 49.8 Å². The van der Waals surface area contributed by atoms with Crippen LogP contribution in [0.2, 0.25) is 0 Å². The van der Waals surface area contributed by atoms with E-state index in [0.29, 0.717) is 30.8 Å². The minimum atomic E-state index is -3.46. The Bertz CT molecular complexity index is 685. The summed E-state index contributed by atoms with van der Waals surface area (Å²) in [5.74, 6) is 0.183. The van der Waals surface area contributed by atoms with Crippen LogP contribution in [-0.4, -0.2) is 38.9 Å². The van der Waals surface area contributed by atoms with Crippen molar-refractivity contribution in [3.8, 4) is 0 Å². The van der Waals surface area contributed by atoms with Crippen molar-refractivity contribution in [3.05, 3.63) is 29.3 Å². The second kappa shape index (κ2) is 7.01. The van der Waals surface area contributed by atoms with Gasteiger partial charge in [0.05, 0.1) is 4.90 Å². The van der Waals surface area contributed by atoms with Crippen molar-refractivity contribution in [1.82, 2.24) is 9.62 Å². The smallest absolute Gasteiger partial charge is 0.240 e. The zero-order chi connectivity index (χ0) is 16.3. The molecule has 0 unspecified atom stereocenters. The summed E-state index contributed by atoms with van der Waals surface area (Å²) in [6, 6.07) is 5.48. The Morgan fingerprint density at radius 3 is 2.57 bits per heavy atom. The Morgan fingerprint density at radius 1 is 1.04 bits per heavy atom. The maximum atomic E-state index is 12.4. The van der Waals surface area contributed by atoms with Crippen molar-refractivity contribution >= 4 is 15.9 Å². The summed E-state index contributed by atoms with van der Waals surface area (Å²) >= 11 is 0. The zero-order valence-corrected chi connectivity index (χ0v) is 14.2. The molecule has 0 spiro atoms. The second-order valence-electron chi connectivity index (χ2n) is 6.37. The minimum Gasteiger partial charge on any atom is -0.343 e. The Hall–Kier alpha value is -1.40. The third-order valence-electron chi connectivity index (χ3n) is 4.70. The minimum absolute atomic E-state index is 0.183. The number of rotatable bonds is 6. The van der Waals surface area contributed by atoms with Gasteiger partial charge in [-0.05, 0) is 61.8 Å². The van der Waals surface area contributed by atoms with Crippen molar-refractivity contribution in [3.63, 3.8) is 0 Å². The van der Waals surface area contributed by atoms with Crippen LogP contribution in [0.25, 0.3) is 0 Å². The molecule has 0 atom stereocenters. The van der Waals surface area contributed by atoms with Crippen molar-refractivity contribution in [2.24, 2.45) is 0 Å². The third kappa shape index (κ3) is 3.93. The van der Waals surface area contributed by atoms with Gasteiger partial charge in [0.15, 0.2) is 0 Å². The molecule has 6 heteroatoms. The molecule has 2 aliphatic rings. The van der Waals surface area contributed by atoms with Gasteiger partial charge >= 0.3 is 0 Å². The molecular formula is C17H24N2O3S. The number of aryl methyl sites for hydroxylation is 2. The van der Waals surface area contributed by atoms with E-state index in [1.54, 1.807) is 6.07 Å². The predicted octanol–water partition coefficient (Wildman–Crippen LogP) is 1.86. The highest BCUT2D eigenvalue weighted by molar-refractivity contribution is 7.89. The molecule has 0 radical (unpaired) electrons. The standard InChI is InChI=1S/C17H24N2O3S/c20-17-7-3-11-19(17)12-4-10-18-23(21,22)16-9-8-14-5-1-2-6-15(14)13-16/h8-9,13,18H,1-7,10-12H2. The van der Waals surface area contributed by atoms with E-state index in [4.69, 9.17) is 0 Å². The fraction of sp³-hybridized carbons (Fsp3) is 0.588. The number of benzene rings is 1. The number of carbonyl (C=O) groups excluding carboxylic acids is 1. The van der Waals surface area contributed by atoms with E-state index in [1.165, 1.54) is 17.5 Å². The normalized spacial score (nSPS) is 18.3. The van der Waals surface area contributed by atoms with Gasteiger partial charge in [0.25, 0.3) is 0 Å². The van der Waals surface area contributed by atoms with Gasteiger partial charge < -0.3 is 4.90 Å². The quantitative estimate of drug-likeness (QED) is 0.806. The van der Waals surface area contributed by atoms with E-state index in [2.05, 4.69) is 4.72 Å². The average molecular weight is 336 g/mol. The van der Waals surface area contributed by atoms with Gasteiger partial charge in [-0.2, -0.15) is 0 Å². The predicted molar refractivity (Wildman–Crippen MR) is 88.7 cm³/mol. The number of likely N-dealkylation sites (tertiary alicyclic amines) is 1. The lowest BCUT2D eigenvalue weighted by molar-refractivity contribution is -0.127. The number of carbonyl (C=O) groups is 1. The molecule has 3 rings (SSSR count). The first kappa shape index (κ1) is 16.5. The van der Waals surface area contributed by atoms with Gasteiger partial charge in [0.2, 0.25) is 15.9 Å². The summed E-state index contributed by atoms with van der Waals surface area (Å²) in [6.07, 6.45) is 6.53. The number of nitrogens with one attached hydrogen (secondary N) is 1. The van der Waals surface area contributed by atoms with Gasteiger partial charge in [-0.3, -0.25) is 4.79 Å². The summed E-state index contributed by atoms with van der Waals surface area (Å²) in [5.41, 5.74) is 2.45. The number of amides is 1. The molecule has 1 aromatic carbocycles. The summed E-state index contributed by atoms with van der Waals surface area (Å²) in [7, 11) is -3.46. The monoisotopic (exact) mass is 336 g/mol. The van der Waals surface area contributed by atoms with Gasteiger partial charge in [-0.15, -0.1) is 0 Å². The van der Waals surface area contributed by atoms with E-state index in [9.17, 15) is 13.2 Å². The molecule has 126 valence electrons. The number of fused-ring (bicyclic) bond motifs is 1. The molecule has 23 heavy (non-hydrogen) atoms. The Kier molecular flexibility index (Phi) is 5.02. The Labute approximate surface area is 138 Å². The SMILES string of the molecule is O=C1CCCN1CCCNS(=O)(=O)c1ccc2c(c1)CCCC2. The van der Waals surface area contributed by atoms with E-state index in [-0.39, 0.29) is 5.91 Å². The molecule has 1 amide bonds. The number of nitrogens with zero attached hydrogens (tertiary/aromatic N) is 1. The van der Waals surface area contributed by atoms with Crippen molar-refractivity contribution < 1.29 is 13.2 Å². The lowest BCUT2D eigenvalue weighted by Gasteiger charge is -2.17. The average Bonchev–Trinajstić information content (AvgIpc) is 2.96. The van der Waals surface area contributed by atoms with Crippen LogP contribution >= 0.6 is 0 Å². The topological polar surface area (TPSA) is 66.5 Å². The lowest BCUT2D eigenvalue weighted by Crippen LogP contribution is -2.30. The molecule has 0 bridgehead atoms. The third-order valence-corrected chi connectivity index (χ3v) is 6.16. The van der Waals surface area contributed by atoms with Crippen LogP contribution in [0.5, 0.6) is 0 Å². The Morgan fingerprint density at radius 2 is 1.83 bits per heavy atom. The van der Waals surface area contributed by atoms with Crippen LogP contribution in [0.3, 0.4) is 0 Å². The second-order valence-corrected chi connectivity index (χ2v) is 8.14. The van der Waals surface area contributed by atoms with Gasteiger partial charge in [-0.1, -0.05) is 6.07 Å². The van der Waals surface area contributed by atoms with Crippen LogP contribution in [0.4, 0.5) is 0 Å². The molecule has 1 heterocycles. The molecule has 1 saturated heterocycles. The molecule has 5 nitrogen and oxygen atoms in total. The number of hydrogen-bond acceptors (Lipinski definition) is 3. The number of hydrogen-bond donors (Lipinski definition) is 1. The van der Waals surface area contributed by atoms with E-state index in [1.807, 2.05) is 17.0 Å². The highest BCUT2D eigenvalue weighted by Gasteiger charge is 2.20. The molecule has 0 saturated carbocycles. The van der Waals surface area contributed by atoms with Gasteiger partial charge in [0.1, 0.15) is 0 Å². The van der Waals surface area contributed by atoms with Gasteiger partial charge in [0, 0.05) is 26.1 Å². The molecule has 1 N–H and O–H groups in total. The highest BCUT2D eigenvalue weighted by atomic mass is 32.2. The maximum absolute atomic E-state index is 12.4. The molecule has 1 aromatic rings. The summed E-state index contributed by atoms with van der Waals surface area (Å²) in [6.45, 7) is 1.80. The van der Waals surface area contributed by atoms with Crippen LogP contribution in [-0.2, 0) is 27.7 Å². The summed E-state index contributed by atoms with van der Waals surface area (Å²) in [5, 5.41) is 0. The van der Waals surface area contributed by atoms with E-state index >= 15 is 0 Å². The fourth-order valence-electron chi connectivity index (χ4n) is 3.38. The summed E-state index contributed by atoms with van der Waals surface area (Å²) in [4.78, 5) is 13.7. The zero-order valence-electron chi connectivity index (χ0n) is 13.4. The molecule has 1 aliphatic carbocycles. The van der Waals surface area contributed by atoms with Crippen LogP contribution < -0.4 is 4.72 Å². The van der Waals surface area contributed by atoms with Crippen LogP contribution in [0.1, 0.15) is 43.2 Å². The largest absolute Gasteiger partial charge is 0.343 e. The highest BCUT2D eigenvalue weighted by Crippen LogP contribution is 2.24. The Balaban J connectivity index is 1.55. The fourth-order valence-corrected chi connectivity index (χ4v) is 4.50. The lowest BCUT2D eigenvalue weighted by atomic mass is 9.92. The first-order chi connectivity index (χ1) is 11.1. The molecule has 1 aliphatic heterocycles. The van der Waals surface area contributed by atoms with E-state index in [0.717, 1.165) is 32.2 Å². The summed E-state index contributed by atoms with van der Waals surface area (Å²) < 4.78 is 27.4. The van der Waals surface area contributed by atoms with E-state index < -0.39 is 10.0 Å². The molecular weight excluding hydrogens is 312 g/mol. The van der Waals surface area contributed by atoms with Crippen LogP contribution in [0.15, 0.2) is 23.1 Å².